The van der Waals surface area contributed by atoms with Crippen LogP contribution in [0.25, 0.3) is 0 Å². The minimum Gasteiger partial charge on any atom is -0.374 e. The van der Waals surface area contributed by atoms with E-state index in [0.29, 0.717) is 0 Å². The molecule has 0 saturated heterocycles. The normalized spacial score (nSPS) is 28.6. The summed E-state index contributed by atoms with van der Waals surface area (Å²) in [5, 5.41) is 13.5. The van der Waals surface area contributed by atoms with Gasteiger partial charge >= 0.3 is 0 Å². The summed E-state index contributed by atoms with van der Waals surface area (Å²) in [6, 6.07) is 3.74. The van der Waals surface area contributed by atoms with Crippen LogP contribution in [0.2, 0.25) is 0 Å². The average molecular weight is 390 g/mol. The average Bonchev–Trinajstić information content (AvgIpc) is 2.62. The first-order valence-corrected chi connectivity index (χ1v) is 8.18. The van der Waals surface area contributed by atoms with Gasteiger partial charge < -0.3 is 16.2 Å². The highest BCUT2D eigenvalue weighted by Gasteiger charge is 2.31. The Hall–Kier alpha value is -0.440. The van der Waals surface area contributed by atoms with E-state index in [9.17, 15) is 5.11 Å². The number of hydrogen-bond donors (Lipinski definition) is 4. The fourth-order valence-corrected chi connectivity index (χ4v) is 3.58. The van der Waals surface area contributed by atoms with Gasteiger partial charge in [-0.2, -0.15) is 0 Å². The van der Waals surface area contributed by atoms with Gasteiger partial charge in [0.15, 0.2) is 0 Å². The van der Waals surface area contributed by atoms with Crippen LogP contribution in [0.1, 0.15) is 32.1 Å². The van der Waals surface area contributed by atoms with Crippen LogP contribution < -0.4 is 14.6 Å². The number of rotatable bonds is 5. The molecule has 1 aromatic rings. The second-order valence-corrected chi connectivity index (χ2v) is 6.45. The van der Waals surface area contributed by atoms with Crippen molar-refractivity contribution in [3.63, 3.8) is 0 Å². The fourth-order valence-electron chi connectivity index (χ4n) is 2.82. The zero-order chi connectivity index (χ0) is 14.4. The third-order valence-corrected chi connectivity index (χ3v) is 4.50. The van der Waals surface area contributed by atoms with Gasteiger partial charge in [0.2, 0.25) is 0 Å². The van der Waals surface area contributed by atoms with Crippen molar-refractivity contribution in [2.45, 2.75) is 43.9 Å². The zero-order valence-corrected chi connectivity index (χ0v) is 13.7. The summed E-state index contributed by atoms with van der Waals surface area (Å²) in [5.41, 5.74) is 7.18. The molecule has 2 rings (SSSR count). The minimum absolute atomic E-state index is 0.133. The molecular formula is C14H23IN4O. The molecule has 0 aliphatic heterocycles. The van der Waals surface area contributed by atoms with Crippen molar-refractivity contribution >= 4 is 28.6 Å². The molecule has 0 radical (unpaired) electrons. The molecule has 2 unspecified atom stereocenters. The van der Waals surface area contributed by atoms with Crippen molar-refractivity contribution in [1.82, 2.24) is 8.51 Å². The molecule has 0 spiro atoms. The van der Waals surface area contributed by atoms with Crippen LogP contribution in [0, 0.1) is 5.92 Å². The lowest BCUT2D eigenvalue weighted by Crippen LogP contribution is -2.46. The number of nitrogens with two attached hydrogens (primary N) is 1. The smallest absolute Gasteiger partial charge is 0.127 e. The van der Waals surface area contributed by atoms with E-state index < -0.39 is 6.23 Å². The number of hydrogen-bond acceptors (Lipinski definition) is 5. The van der Waals surface area contributed by atoms with Gasteiger partial charge in [-0.15, -0.1) is 0 Å². The summed E-state index contributed by atoms with van der Waals surface area (Å²) < 4.78 is 3.15. The van der Waals surface area contributed by atoms with E-state index in [1.807, 2.05) is 12.1 Å². The van der Waals surface area contributed by atoms with E-state index in [2.05, 4.69) is 36.7 Å². The van der Waals surface area contributed by atoms with E-state index in [1.54, 1.807) is 12.4 Å². The van der Waals surface area contributed by atoms with E-state index in [1.165, 1.54) is 0 Å². The second-order valence-electron chi connectivity index (χ2n) is 5.69. The highest BCUT2D eigenvalue weighted by atomic mass is 127. The Kier molecular flexibility index (Phi) is 6.01. The maximum Gasteiger partial charge on any atom is 0.127 e. The molecular weight excluding hydrogens is 367 g/mol. The first-order chi connectivity index (χ1) is 9.63. The molecule has 0 bridgehead atoms. The lowest BCUT2D eigenvalue weighted by molar-refractivity contribution is 0.123. The first kappa shape index (κ1) is 15.9. The molecule has 1 fully saturated rings. The maximum absolute atomic E-state index is 10.4. The summed E-state index contributed by atoms with van der Waals surface area (Å²) >= 11 is 2.15. The number of halogens is 1. The van der Waals surface area contributed by atoms with Crippen LogP contribution in [0.5, 0.6) is 0 Å². The third-order valence-electron chi connectivity index (χ3n) is 4.12. The van der Waals surface area contributed by atoms with Crippen molar-refractivity contribution in [1.29, 1.82) is 0 Å². The summed E-state index contributed by atoms with van der Waals surface area (Å²) in [6.07, 6.45) is 7.91. The molecule has 1 aliphatic carbocycles. The topological polar surface area (TPSA) is 83.2 Å². The van der Waals surface area contributed by atoms with Gasteiger partial charge in [0.05, 0.1) is 0 Å². The van der Waals surface area contributed by atoms with Gasteiger partial charge in [0.25, 0.3) is 0 Å². The highest BCUT2D eigenvalue weighted by molar-refractivity contribution is 14.1. The van der Waals surface area contributed by atoms with Gasteiger partial charge in [-0.1, -0.05) is 6.42 Å². The number of aromatic nitrogens is 1. The molecule has 1 aliphatic rings. The number of aliphatic hydroxyl groups is 1. The molecule has 1 aromatic heterocycles. The fraction of sp³-hybridized carbons (Fsp3) is 0.643. The summed E-state index contributed by atoms with van der Waals surface area (Å²) in [4.78, 5) is 3.97. The molecule has 3 atom stereocenters. The quantitative estimate of drug-likeness (QED) is 0.268. The molecule has 112 valence electrons. The Balaban J connectivity index is 1.90. The maximum atomic E-state index is 10.4. The lowest BCUT2D eigenvalue weighted by Gasteiger charge is -2.28. The number of anilines is 1. The highest BCUT2D eigenvalue weighted by Crippen LogP contribution is 2.31. The second kappa shape index (κ2) is 7.53. The predicted molar refractivity (Wildman–Crippen MR) is 89.4 cm³/mol. The largest absolute Gasteiger partial charge is 0.374 e. The zero-order valence-electron chi connectivity index (χ0n) is 11.6. The molecule has 0 aromatic carbocycles. The van der Waals surface area contributed by atoms with Crippen LogP contribution in [-0.2, 0) is 0 Å². The van der Waals surface area contributed by atoms with E-state index in [-0.39, 0.29) is 11.5 Å². The summed E-state index contributed by atoms with van der Waals surface area (Å²) in [7, 11) is 0. The van der Waals surface area contributed by atoms with Gasteiger partial charge in [-0.3, -0.25) is 8.51 Å². The SMILES string of the molecule is N[C@@]1(CNI)CCCC(C(O)Nc2ccncc2)CC1. The first-order valence-electron chi connectivity index (χ1n) is 7.10. The van der Waals surface area contributed by atoms with Crippen molar-refractivity contribution in [3.05, 3.63) is 24.5 Å². The van der Waals surface area contributed by atoms with Crippen LogP contribution in [0.4, 0.5) is 5.69 Å². The molecule has 1 saturated carbocycles. The standard InChI is InChI=1S/C14H23IN4O/c15-18-10-14(16)6-1-2-11(3-7-14)13(20)19-12-4-8-17-9-5-12/h4-5,8-9,11,13,18,20H,1-3,6-7,10,16H2,(H,17,19)/t11?,13?,14-/m0/s1. The van der Waals surface area contributed by atoms with Gasteiger partial charge in [0.1, 0.15) is 6.23 Å². The minimum atomic E-state index is -0.521. The summed E-state index contributed by atoms with van der Waals surface area (Å²) in [5.74, 6) is 0.253. The number of nitrogens with one attached hydrogen (secondary N) is 2. The van der Waals surface area contributed by atoms with Crippen LogP contribution >= 0.6 is 22.9 Å². The predicted octanol–water partition coefficient (Wildman–Crippen LogP) is 2.03. The van der Waals surface area contributed by atoms with Crippen LogP contribution in [0.3, 0.4) is 0 Å². The Morgan fingerprint density at radius 1 is 1.40 bits per heavy atom. The molecule has 5 nitrogen and oxygen atoms in total. The molecule has 5 N–H and O–H groups in total. The molecule has 6 heteroatoms. The monoisotopic (exact) mass is 390 g/mol. The van der Waals surface area contributed by atoms with Crippen LogP contribution in [0.15, 0.2) is 24.5 Å². The number of pyridine rings is 1. The Labute approximate surface area is 134 Å². The molecule has 1 heterocycles. The van der Waals surface area contributed by atoms with Crippen molar-refractivity contribution in [3.8, 4) is 0 Å². The van der Waals surface area contributed by atoms with Crippen LogP contribution in [-0.4, -0.2) is 28.4 Å². The third kappa shape index (κ3) is 4.54. The van der Waals surface area contributed by atoms with Crippen molar-refractivity contribution in [2.24, 2.45) is 11.7 Å². The number of aliphatic hydroxyl groups excluding tert-OH is 1. The van der Waals surface area contributed by atoms with E-state index in [4.69, 9.17) is 5.73 Å². The number of nitrogens with zero attached hydrogens (tertiary/aromatic N) is 1. The van der Waals surface area contributed by atoms with Crippen molar-refractivity contribution in [2.75, 3.05) is 11.9 Å². The van der Waals surface area contributed by atoms with Gasteiger partial charge in [0, 0.05) is 58.9 Å². The van der Waals surface area contributed by atoms with E-state index in [0.717, 1.165) is 44.3 Å². The van der Waals surface area contributed by atoms with Gasteiger partial charge in [-0.05, 0) is 37.8 Å². The lowest BCUT2D eigenvalue weighted by atomic mass is 9.91. The Morgan fingerprint density at radius 2 is 2.15 bits per heavy atom. The Morgan fingerprint density at radius 3 is 2.85 bits per heavy atom. The summed E-state index contributed by atoms with van der Waals surface area (Å²) in [6.45, 7) is 0.828. The molecule has 0 amide bonds. The van der Waals surface area contributed by atoms with Gasteiger partial charge in [-0.25, -0.2) is 0 Å². The molecule has 20 heavy (non-hydrogen) atoms. The van der Waals surface area contributed by atoms with Crippen molar-refractivity contribution < 1.29 is 5.11 Å². The van der Waals surface area contributed by atoms with E-state index >= 15 is 0 Å². The Bertz CT molecular complexity index is 405.